The maximum atomic E-state index is 13.1. The molecule has 1 unspecified atom stereocenters. The Hall–Kier alpha value is -1.63. The summed E-state index contributed by atoms with van der Waals surface area (Å²) in [5.41, 5.74) is 1.01. The zero-order valence-corrected chi connectivity index (χ0v) is 16.1. The van der Waals surface area contributed by atoms with Gasteiger partial charge in [-0.3, -0.25) is 4.99 Å². The molecule has 5 nitrogen and oxygen atoms in total. The van der Waals surface area contributed by atoms with E-state index in [0.717, 1.165) is 24.4 Å². The number of guanidine groups is 1. The molecule has 0 spiro atoms. The summed E-state index contributed by atoms with van der Waals surface area (Å²) in [6.45, 7) is 1.16. The first-order chi connectivity index (χ1) is 12.4. The molecule has 2 aliphatic rings. The van der Waals surface area contributed by atoms with Gasteiger partial charge in [0, 0.05) is 26.2 Å². The van der Waals surface area contributed by atoms with Crippen LogP contribution in [-0.2, 0) is 16.4 Å². The maximum absolute atomic E-state index is 13.1. The van der Waals surface area contributed by atoms with E-state index >= 15 is 0 Å². The molecule has 1 saturated heterocycles. The molecule has 1 N–H and O–H groups in total. The summed E-state index contributed by atoms with van der Waals surface area (Å²) in [6, 6.07) is 6.92. The van der Waals surface area contributed by atoms with Gasteiger partial charge in [-0.1, -0.05) is 25.0 Å². The van der Waals surface area contributed by atoms with Crippen LogP contribution in [0.3, 0.4) is 0 Å². The van der Waals surface area contributed by atoms with Crippen LogP contribution in [0.2, 0.25) is 0 Å². The monoisotopic (exact) mass is 381 g/mol. The Morgan fingerprint density at radius 1 is 1.23 bits per heavy atom. The lowest BCUT2D eigenvalue weighted by atomic mass is 10.1. The zero-order valence-electron chi connectivity index (χ0n) is 15.3. The predicted octanol–water partition coefficient (Wildman–Crippen LogP) is 2.58. The minimum Gasteiger partial charge on any atom is -0.354 e. The third-order valence-corrected chi connectivity index (χ3v) is 7.05. The quantitative estimate of drug-likeness (QED) is 0.629. The van der Waals surface area contributed by atoms with Crippen molar-refractivity contribution in [2.75, 3.05) is 25.1 Å². The van der Waals surface area contributed by atoms with Gasteiger partial charge in [0.2, 0.25) is 0 Å². The lowest BCUT2D eigenvalue weighted by Gasteiger charge is -2.26. The molecule has 0 radical (unpaired) electrons. The van der Waals surface area contributed by atoms with Crippen molar-refractivity contribution in [1.82, 2.24) is 10.2 Å². The van der Waals surface area contributed by atoms with E-state index in [-0.39, 0.29) is 23.2 Å². The Balaban J connectivity index is 1.66. The summed E-state index contributed by atoms with van der Waals surface area (Å²) >= 11 is 0. The number of nitrogens with one attached hydrogen (secondary N) is 1. The fourth-order valence-electron chi connectivity index (χ4n) is 3.70. The molecule has 0 aromatic heterocycles. The molecule has 1 heterocycles. The first kappa shape index (κ1) is 19.1. The lowest BCUT2D eigenvalue weighted by molar-refractivity contribution is 0.453. The lowest BCUT2D eigenvalue weighted by Crippen LogP contribution is -2.43. The number of benzene rings is 1. The highest BCUT2D eigenvalue weighted by atomic mass is 32.2. The van der Waals surface area contributed by atoms with E-state index in [9.17, 15) is 12.8 Å². The molecule has 2 fully saturated rings. The minimum atomic E-state index is -2.88. The molecule has 1 aliphatic heterocycles. The number of aliphatic imine (C=N–C) groups is 1. The van der Waals surface area contributed by atoms with Gasteiger partial charge in [-0.15, -0.1) is 0 Å². The summed E-state index contributed by atoms with van der Waals surface area (Å²) in [7, 11) is -0.910. The summed E-state index contributed by atoms with van der Waals surface area (Å²) in [5.74, 6) is 1.21. The van der Waals surface area contributed by atoms with Crippen molar-refractivity contribution in [1.29, 1.82) is 0 Å². The van der Waals surface area contributed by atoms with E-state index < -0.39 is 9.84 Å². The number of sulfone groups is 1. The van der Waals surface area contributed by atoms with Crippen molar-refractivity contribution >= 4 is 15.8 Å². The molecule has 1 atom stereocenters. The molecule has 1 aromatic rings. The van der Waals surface area contributed by atoms with Crippen LogP contribution in [0.15, 0.2) is 29.3 Å². The van der Waals surface area contributed by atoms with Gasteiger partial charge >= 0.3 is 0 Å². The van der Waals surface area contributed by atoms with Crippen LogP contribution in [0.25, 0.3) is 0 Å². The van der Waals surface area contributed by atoms with Gasteiger partial charge in [-0.25, -0.2) is 12.8 Å². The highest BCUT2D eigenvalue weighted by molar-refractivity contribution is 7.91. The Morgan fingerprint density at radius 2 is 1.92 bits per heavy atom. The molecular formula is C19H28FN3O2S. The zero-order chi connectivity index (χ0) is 18.6. The number of halogens is 1. The molecule has 7 heteroatoms. The highest BCUT2D eigenvalue weighted by Crippen LogP contribution is 2.20. The molecule has 1 aromatic carbocycles. The molecule has 1 saturated carbocycles. The first-order valence-electron chi connectivity index (χ1n) is 9.38. The molecule has 1 aliphatic carbocycles. The van der Waals surface area contributed by atoms with Crippen LogP contribution < -0.4 is 5.32 Å². The SMILES string of the molecule is CN(Cc1ccc(F)cc1)C(=NCC1CCS(=O)(=O)C1)NC1CCCC1. The molecule has 144 valence electrons. The van der Waals surface area contributed by atoms with Gasteiger partial charge in [0.15, 0.2) is 15.8 Å². The van der Waals surface area contributed by atoms with Crippen molar-refractivity contribution in [3.8, 4) is 0 Å². The largest absolute Gasteiger partial charge is 0.354 e. The second kappa shape index (κ2) is 8.37. The van der Waals surface area contributed by atoms with Crippen LogP contribution in [0.4, 0.5) is 4.39 Å². The average Bonchev–Trinajstić information content (AvgIpc) is 3.22. The fourth-order valence-corrected chi connectivity index (χ4v) is 5.55. The van der Waals surface area contributed by atoms with E-state index in [0.29, 0.717) is 25.6 Å². The van der Waals surface area contributed by atoms with Crippen molar-refractivity contribution < 1.29 is 12.8 Å². The van der Waals surface area contributed by atoms with E-state index in [1.165, 1.54) is 25.0 Å². The average molecular weight is 382 g/mol. The normalized spacial score (nSPS) is 23.3. The molecular weight excluding hydrogens is 353 g/mol. The predicted molar refractivity (Wildman–Crippen MR) is 102 cm³/mol. The van der Waals surface area contributed by atoms with Gasteiger partial charge in [0.1, 0.15) is 5.82 Å². The topological polar surface area (TPSA) is 61.8 Å². The number of hydrogen-bond acceptors (Lipinski definition) is 3. The van der Waals surface area contributed by atoms with Gasteiger partial charge in [-0.2, -0.15) is 0 Å². The van der Waals surface area contributed by atoms with Gasteiger partial charge in [0.25, 0.3) is 0 Å². The number of nitrogens with zero attached hydrogens (tertiary/aromatic N) is 2. The third-order valence-electron chi connectivity index (χ3n) is 5.21. The maximum Gasteiger partial charge on any atom is 0.194 e. The molecule has 26 heavy (non-hydrogen) atoms. The van der Waals surface area contributed by atoms with Crippen molar-refractivity contribution in [3.05, 3.63) is 35.6 Å². The summed E-state index contributed by atoms with van der Waals surface area (Å²) in [5, 5.41) is 3.54. The fraction of sp³-hybridized carbons (Fsp3) is 0.632. The number of hydrogen-bond donors (Lipinski definition) is 1. The Morgan fingerprint density at radius 3 is 2.54 bits per heavy atom. The first-order valence-corrected chi connectivity index (χ1v) is 11.2. The second-order valence-electron chi connectivity index (χ2n) is 7.54. The van der Waals surface area contributed by atoms with E-state index in [1.807, 2.05) is 11.9 Å². The minimum absolute atomic E-state index is 0.111. The Kier molecular flexibility index (Phi) is 6.16. The van der Waals surface area contributed by atoms with Crippen molar-refractivity contribution in [2.24, 2.45) is 10.9 Å². The Bertz CT molecular complexity index is 728. The smallest absolute Gasteiger partial charge is 0.194 e. The van der Waals surface area contributed by atoms with Crippen molar-refractivity contribution in [2.45, 2.75) is 44.7 Å². The van der Waals surface area contributed by atoms with Gasteiger partial charge in [-0.05, 0) is 42.9 Å². The highest BCUT2D eigenvalue weighted by Gasteiger charge is 2.28. The molecule has 0 amide bonds. The standard InChI is InChI=1S/C19H28FN3O2S/c1-23(13-15-6-8-17(20)9-7-15)19(22-18-4-2-3-5-18)21-12-16-10-11-26(24,25)14-16/h6-9,16,18H,2-5,10-14H2,1H3,(H,21,22). The molecule has 3 rings (SSSR count). The van der Waals surface area contributed by atoms with E-state index in [2.05, 4.69) is 5.32 Å². The van der Waals surface area contributed by atoms with E-state index in [4.69, 9.17) is 4.99 Å². The Labute approximate surface area is 155 Å². The van der Waals surface area contributed by atoms with Gasteiger partial charge < -0.3 is 10.2 Å². The number of rotatable bonds is 5. The second-order valence-corrected chi connectivity index (χ2v) is 9.77. The van der Waals surface area contributed by atoms with Crippen LogP contribution in [-0.4, -0.2) is 50.4 Å². The molecule has 0 bridgehead atoms. The van der Waals surface area contributed by atoms with E-state index in [1.54, 1.807) is 12.1 Å². The summed E-state index contributed by atoms with van der Waals surface area (Å²) < 4.78 is 36.4. The van der Waals surface area contributed by atoms with Crippen LogP contribution in [0.5, 0.6) is 0 Å². The van der Waals surface area contributed by atoms with Gasteiger partial charge in [0.05, 0.1) is 11.5 Å². The summed E-state index contributed by atoms with van der Waals surface area (Å²) in [4.78, 5) is 6.78. The third kappa shape index (κ3) is 5.43. The van der Waals surface area contributed by atoms with Crippen LogP contribution in [0.1, 0.15) is 37.7 Å². The van der Waals surface area contributed by atoms with Crippen molar-refractivity contribution in [3.63, 3.8) is 0 Å². The van der Waals surface area contributed by atoms with Crippen LogP contribution in [0, 0.1) is 11.7 Å². The van der Waals surface area contributed by atoms with Crippen LogP contribution >= 0.6 is 0 Å². The summed E-state index contributed by atoms with van der Waals surface area (Å²) in [6.07, 6.45) is 5.44.